The van der Waals surface area contributed by atoms with Crippen LogP contribution in [0.4, 0.5) is 4.39 Å². The van der Waals surface area contributed by atoms with Crippen molar-refractivity contribution in [1.82, 2.24) is 10.2 Å². The third-order valence-corrected chi connectivity index (χ3v) is 3.04. The number of nitrogens with one attached hydrogen (secondary N) is 1. The summed E-state index contributed by atoms with van der Waals surface area (Å²) in [7, 11) is 0. The smallest absolute Gasteiger partial charge is 0.222 e. The molecule has 0 saturated carbocycles. The van der Waals surface area contributed by atoms with E-state index >= 15 is 0 Å². The molecule has 0 spiro atoms. The fraction of sp³-hybridized carbons (Fsp3) is 0.500. The molecule has 1 rings (SSSR count). The maximum absolute atomic E-state index is 12.8. The lowest BCUT2D eigenvalue weighted by molar-refractivity contribution is -0.130. The van der Waals surface area contributed by atoms with Crippen molar-refractivity contribution >= 4 is 11.8 Å². The summed E-state index contributed by atoms with van der Waals surface area (Å²) in [5, 5.41) is 2.77. The van der Waals surface area contributed by atoms with Gasteiger partial charge in [0.15, 0.2) is 0 Å². The van der Waals surface area contributed by atoms with Crippen molar-refractivity contribution in [2.45, 2.75) is 33.7 Å². The summed E-state index contributed by atoms with van der Waals surface area (Å²) in [5.41, 5.74) is 0.843. The first-order valence-electron chi connectivity index (χ1n) is 7.15. The highest BCUT2D eigenvalue weighted by Gasteiger charge is 2.12. The fourth-order valence-corrected chi connectivity index (χ4v) is 1.95. The van der Waals surface area contributed by atoms with Gasteiger partial charge in [0.2, 0.25) is 11.8 Å². The summed E-state index contributed by atoms with van der Waals surface area (Å²) >= 11 is 0. The van der Waals surface area contributed by atoms with Crippen LogP contribution >= 0.6 is 0 Å². The molecule has 0 bridgehead atoms. The summed E-state index contributed by atoms with van der Waals surface area (Å²) in [6.07, 6.45) is 0.271. The standard InChI is InChI=1S/C16H23FN2O2/c1-12(2)11-19(13(3)20)9-8-16(21)18-10-14-4-6-15(17)7-5-14/h4-7,12H,8-11H2,1-3H3,(H,18,21). The number of carbonyl (C=O) groups is 2. The Balaban J connectivity index is 2.35. The molecule has 1 aromatic carbocycles. The Morgan fingerprint density at radius 1 is 1.24 bits per heavy atom. The van der Waals surface area contributed by atoms with Gasteiger partial charge in [-0.05, 0) is 23.6 Å². The van der Waals surface area contributed by atoms with Gasteiger partial charge >= 0.3 is 0 Å². The summed E-state index contributed by atoms with van der Waals surface area (Å²) in [4.78, 5) is 24.9. The van der Waals surface area contributed by atoms with Crippen LogP contribution in [0.1, 0.15) is 32.8 Å². The molecule has 0 saturated heterocycles. The van der Waals surface area contributed by atoms with E-state index in [1.165, 1.54) is 19.1 Å². The number of nitrogens with zero attached hydrogens (tertiary/aromatic N) is 1. The van der Waals surface area contributed by atoms with Gasteiger partial charge in [0.25, 0.3) is 0 Å². The second kappa shape index (κ2) is 8.39. The van der Waals surface area contributed by atoms with E-state index in [0.29, 0.717) is 25.6 Å². The van der Waals surface area contributed by atoms with E-state index in [4.69, 9.17) is 0 Å². The first-order valence-corrected chi connectivity index (χ1v) is 7.15. The lowest BCUT2D eigenvalue weighted by Crippen LogP contribution is -2.36. The van der Waals surface area contributed by atoms with Gasteiger partial charge in [-0.1, -0.05) is 26.0 Å². The number of rotatable bonds is 7. The van der Waals surface area contributed by atoms with Crippen LogP contribution in [0.5, 0.6) is 0 Å². The minimum atomic E-state index is -0.295. The van der Waals surface area contributed by atoms with E-state index in [2.05, 4.69) is 5.32 Å². The zero-order valence-corrected chi connectivity index (χ0v) is 12.9. The molecule has 0 aliphatic heterocycles. The molecule has 1 N–H and O–H groups in total. The number of carbonyl (C=O) groups excluding carboxylic acids is 2. The summed E-state index contributed by atoms with van der Waals surface area (Å²) in [5.74, 6) is -0.0589. The van der Waals surface area contributed by atoms with Gasteiger partial charge in [-0.25, -0.2) is 4.39 Å². The number of halogens is 1. The number of hydrogen-bond acceptors (Lipinski definition) is 2. The van der Waals surface area contributed by atoms with Gasteiger partial charge in [0, 0.05) is 33.0 Å². The molecule has 0 aliphatic carbocycles. The molecular weight excluding hydrogens is 271 g/mol. The van der Waals surface area contributed by atoms with E-state index in [0.717, 1.165) is 5.56 Å². The van der Waals surface area contributed by atoms with Crippen LogP contribution in [-0.4, -0.2) is 29.8 Å². The fourth-order valence-electron chi connectivity index (χ4n) is 1.95. The molecule has 5 heteroatoms. The first kappa shape index (κ1) is 17.1. The zero-order valence-electron chi connectivity index (χ0n) is 12.9. The average molecular weight is 294 g/mol. The van der Waals surface area contributed by atoms with Gasteiger partial charge < -0.3 is 10.2 Å². The van der Waals surface area contributed by atoms with Crippen LogP contribution in [0.2, 0.25) is 0 Å². The van der Waals surface area contributed by atoms with Gasteiger partial charge in [0.05, 0.1) is 0 Å². The largest absolute Gasteiger partial charge is 0.352 e. The van der Waals surface area contributed by atoms with Crippen molar-refractivity contribution in [3.05, 3.63) is 35.6 Å². The van der Waals surface area contributed by atoms with Crippen molar-refractivity contribution in [1.29, 1.82) is 0 Å². The maximum atomic E-state index is 12.8. The Hall–Kier alpha value is -1.91. The van der Waals surface area contributed by atoms with Gasteiger partial charge in [0.1, 0.15) is 5.82 Å². The number of benzene rings is 1. The van der Waals surface area contributed by atoms with Crippen LogP contribution in [-0.2, 0) is 16.1 Å². The van der Waals surface area contributed by atoms with Crippen LogP contribution in [0.25, 0.3) is 0 Å². The van der Waals surface area contributed by atoms with Crippen LogP contribution in [0.3, 0.4) is 0 Å². The SMILES string of the molecule is CC(=O)N(CCC(=O)NCc1ccc(F)cc1)CC(C)C. The zero-order chi connectivity index (χ0) is 15.8. The molecule has 116 valence electrons. The molecular formula is C16H23FN2O2. The summed E-state index contributed by atoms with van der Waals surface area (Å²) in [6, 6.07) is 6.00. The minimum absolute atomic E-state index is 0.0185. The Kier molecular flexibility index (Phi) is 6.85. The second-order valence-electron chi connectivity index (χ2n) is 5.51. The molecule has 1 aromatic rings. The Labute approximate surface area is 125 Å². The van der Waals surface area contributed by atoms with E-state index in [1.54, 1.807) is 17.0 Å². The van der Waals surface area contributed by atoms with Crippen molar-refractivity contribution in [2.75, 3.05) is 13.1 Å². The normalized spacial score (nSPS) is 10.5. The molecule has 0 aliphatic rings. The Morgan fingerprint density at radius 3 is 2.38 bits per heavy atom. The molecule has 0 unspecified atom stereocenters. The van der Waals surface area contributed by atoms with E-state index in [-0.39, 0.29) is 24.1 Å². The minimum Gasteiger partial charge on any atom is -0.352 e. The highest BCUT2D eigenvalue weighted by Crippen LogP contribution is 2.03. The number of amides is 2. The molecule has 0 aromatic heterocycles. The van der Waals surface area contributed by atoms with Gasteiger partial charge in [-0.15, -0.1) is 0 Å². The highest BCUT2D eigenvalue weighted by atomic mass is 19.1. The monoisotopic (exact) mass is 294 g/mol. The molecule has 2 amide bonds. The lowest BCUT2D eigenvalue weighted by atomic mass is 10.2. The van der Waals surface area contributed by atoms with Crippen LogP contribution in [0.15, 0.2) is 24.3 Å². The van der Waals surface area contributed by atoms with E-state index in [9.17, 15) is 14.0 Å². The average Bonchev–Trinajstić information content (AvgIpc) is 2.42. The molecule has 0 atom stereocenters. The Morgan fingerprint density at radius 2 is 1.86 bits per heavy atom. The van der Waals surface area contributed by atoms with E-state index < -0.39 is 0 Å². The molecule has 21 heavy (non-hydrogen) atoms. The molecule has 0 heterocycles. The van der Waals surface area contributed by atoms with Gasteiger partial charge in [-0.2, -0.15) is 0 Å². The third kappa shape index (κ3) is 6.88. The molecule has 0 radical (unpaired) electrons. The quantitative estimate of drug-likeness (QED) is 0.839. The van der Waals surface area contributed by atoms with Crippen LogP contribution in [0, 0.1) is 11.7 Å². The van der Waals surface area contributed by atoms with Crippen molar-refractivity contribution in [2.24, 2.45) is 5.92 Å². The predicted molar refractivity (Wildman–Crippen MR) is 80.0 cm³/mol. The highest BCUT2D eigenvalue weighted by molar-refractivity contribution is 5.78. The first-order chi connectivity index (χ1) is 9.88. The van der Waals surface area contributed by atoms with E-state index in [1.807, 2.05) is 13.8 Å². The van der Waals surface area contributed by atoms with Crippen LogP contribution < -0.4 is 5.32 Å². The third-order valence-electron chi connectivity index (χ3n) is 3.04. The molecule has 4 nitrogen and oxygen atoms in total. The second-order valence-corrected chi connectivity index (χ2v) is 5.51. The Bertz CT molecular complexity index is 472. The lowest BCUT2D eigenvalue weighted by Gasteiger charge is -2.22. The van der Waals surface area contributed by atoms with Crippen molar-refractivity contribution in [3.8, 4) is 0 Å². The molecule has 0 fully saturated rings. The van der Waals surface area contributed by atoms with Gasteiger partial charge in [-0.3, -0.25) is 9.59 Å². The topological polar surface area (TPSA) is 49.4 Å². The van der Waals surface area contributed by atoms with Crippen molar-refractivity contribution in [3.63, 3.8) is 0 Å². The summed E-state index contributed by atoms with van der Waals surface area (Å²) in [6.45, 7) is 7.01. The van der Waals surface area contributed by atoms with Crippen molar-refractivity contribution < 1.29 is 14.0 Å². The maximum Gasteiger partial charge on any atom is 0.222 e. The predicted octanol–water partition coefficient (Wildman–Crippen LogP) is 2.34. The summed E-state index contributed by atoms with van der Waals surface area (Å²) < 4.78 is 12.8. The number of hydrogen-bond donors (Lipinski definition) is 1.